The maximum atomic E-state index is 13.1. The van der Waals surface area contributed by atoms with Gasteiger partial charge in [-0.15, -0.1) is 0 Å². The van der Waals surface area contributed by atoms with E-state index in [9.17, 15) is 4.79 Å². The van der Waals surface area contributed by atoms with Crippen LogP contribution in [-0.2, 0) is 17.7 Å². The molecule has 1 N–H and O–H groups in total. The summed E-state index contributed by atoms with van der Waals surface area (Å²) in [5, 5.41) is 3.08. The first-order valence-corrected chi connectivity index (χ1v) is 11.2. The van der Waals surface area contributed by atoms with Crippen LogP contribution in [0, 0.1) is 0 Å². The number of fused-ring (bicyclic) bond motifs is 1. The zero-order valence-corrected chi connectivity index (χ0v) is 18.7. The lowest BCUT2D eigenvalue weighted by atomic mass is 10.0. The number of morpholine rings is 1. The number of nitrogens with one attached hydrogen (secondary N) is 1. The highest BCUT2D eigenvalue weighted by Crippen LogP contribution is 2.31. The van der Waals surface area contributed by atoms with Gasteiger partial charge in [0.05, 0.1) is 37.4 Å². The second-order valence-electron chi connectivity index (χ2n) is 8.28. The van der Waals surface area contributed by atoms with E-state index in [-0.39, 0.29) is 5.91 Å². The SMILES string of the molecule is COc1cc(C(=O)Nc2ccccc2C2=Nc3ccccc3C2)ccc1CN1CCOCC1. The number of amides is 1. The fourth-order valence-electron chi connectivity index (χ4n) is 4.35. The summed E-state index contributed by atoms with van der Waals surface area (Å²) in [6.45, 7) is 4.07. The number of carbonyl (C=O) groups is 1. The Bertz CT molecular complexity index is 1200. The van der Waals surface area contributed by atoms with Crippen LogP contribution in [0.4, 0.5) is 11.4 Å². The zero-order chi connectivity index (χ0) is 22.6. The third-order valence-electron chi connectivity index (χ3n) is 6.14. The van der Waals surface area contributed by atoms with Gasteiger partial charge >= 0.3 is 0 Å². The van der Waals surface area contributed by atoms with Gasteiger partial charge < -0.3 is 14.8 Å². The first-order valence-electron chi connectivity index (χ1n) is 11.2. The Morgan fingerprint density at radius 1 is 1.06 bits per heavy atom. The monoisotopic (exact) mass is 441 g/mol. The highest BCUT2D eigenvalue weighted by atomic mass is 16.5. The van der Waals surface area contributed by atoms with Gasteiger partial charge in [0.15, 0.2) is 0 Å². The molecule has 0 radical (unpaired) electrons. The molecule has 2 heterocycles. The van der Waals surface area contributed by atoms with Gasteiger partial charge in [0.1, 0.15) is 5.75 Å². The zero-order valence-electron chi connectivity index (χ0n) is 18.7. The molecule has 2 aliphatic rings. The lowest BCUT2D eigenvalue weighted by Crippen LogP contribution is -2.35. The van der Waals surface area contributed by atoms with Crippen molar-refractivity contribution in [3.05, 3.63) is 89.0 Å². The molecule has 0 spiro atoms. The summed E-state index contributed by atoms with van der Waals surface area (Å²) >= 11 is 0. The molecule has 0 saturated carbocycles. The van der Waals surface area contributed by atoms with Crippen molar-refractivity contribution in [2.45, 2.75) is 13.0 Å². The van der Waals surface area contributed by atoms with Crippen molar-refractivity contribution < 1.29 is 14.3 Å². The predicted octanol–water partition coefficient (Wildman–Crippen LogP) is 4.46. The molecule has 0 aromatic heterocycles. The number of benzene rings is 3. The smallest absolute Gasteiger partial charge is 0.255 e. The van der Waals surface area contributed by atoms with Crippen molar-refractivity contribution >= 4 is 23.0 Å². The molecule has 0 atom stereocenters. The van der Waals surface area contributed by atoms with Gasteiger partial charge in [-0.25, -0.2) is 0 Å². The second kappa shape index (κ2) is 9.57. The van der Waals surface area contributed by atoms with Crippen LogP contribution in [0.2, 0.25) is 0 Å². The van der Waals surface area contributed by atoms with E-state index in [1.807, 2.05) is 60.7 Å². The van der Waals surface area contributed by atoms with Crippen LogP contribution in [0.3, 0.4) is 0 Å². The Labute approximate surface area is 193 Å². The standard InChI is InChI=1S/C27H27N3O3/c1-32-26-17-20(10-11-21(26)18-30-12-14-33-15-13-30)27(31)29-24-9-5-3-7-22(24)25-16-19-6-2-4-8-23(19)28-25/h2-11,17H,12-16,18H2,1H3,(H,29,31). The highest BCUT2D eigenvalue weighted by Gasteiger charge is 2.20. The molecule has 3 aromatic carbocycles. The van der Waals surface area contributed by atoms with Crippen LogP contribution >= 0.6 is 0 Å². The molecule has 3 aromatic rings. The van der Waals surface area contributed by atoms with E-state index in [0.717, 1.165) is 73.2 Å². The Kier molecular flexibility index (Phi) is 6.19. The fraction of sp³-hybridized carbons (Fsp3) is 0.259. The topological polar surface area (TPSA) is 63.2 Å². The van der Waals surface area contributed by atoms with Crippen LogP contribution in [0.25, 0.3) is 0 Å². The summed E-state index contributed by atoms with van der Waals surface area (Å²) in [6.07, 6.45) is 0.757. The van der Waals surface area contributed by atoms with Crippen LogP contribution in [0.15, 0.2) is 71.7 Å². The van der Waals surface area contributed by atoms with Crippen LogP contribution in [0.1, 0.15) is 27.0 Å². The van der Waals surface area contributed by atoms with E-state index >= 15 is 0 Å². The maximum Gasteiger partial charge on any atom is 0.255 e. The summed E-state index contributed by atoms with van der Waals surface area (Å²) in [4.78, 5) is 20.3. The summed E-state index contributed by atoms with van der Waals surface area (Å²) in [6, 6.07) is 21.6. The minimum Gasteiger partial charge on any atom is -0.496 e. The van der Waals surface area contributed by atoms with Gasteiger partial charge in [0.25, 0.3) is 5.91 Å². The minimum absolute atomic E-state index is 0.171. The highest BCUT2D eigenvalue weighted by molar-refractivity contribution is 6.13. The number of hydrogen-bond acceptors (Lipinski definition) is 5. The number of hydrogen-bond donors (Lipinski definition) is 1. The van der Waals surface area contributed by atoms with Crippen LogP contribution in [-0.4, -0.2) is 49.9 Å². The lowest BCUT2D eigenvalue weighted by molar-refractivity contribution is 0.0339. The van der Waals surface area contributed by atoms with E-state index < -0.39 is 0 Å². The molecular weight excluding hydrogens is 414 g/mol. The third kappa shape index (κ3) is 4.67. The van der Waals surface area contributed by atoms with Crippen molar-refractivity contribution in [2.75, 3.05) is 38.7 Å². The summed E-state index contributed by atoms with van der Waals surface area (Å²) < 4.78 is 11.0. The first-order chi connectivity index (χ1) is 16.2. The van der Waals surface area contributed by atoms with Gasteiger partial charge in [-0.2, -0.15) is 0 Å². The number of carbonyl (C=O) groups excluding carboxylic acids is 1. The number of anilines is 1. The summed E-state index contributed by atoms with van der Waals surface area (Å²) in [5.41, 5.74) is 6.48. The van der Waals surface area contributed by atoms with Crippen molar-refractivity contribution in [1.29, 1.82) is 0 Å². The molecule has 0 aliphatic carbocycles. The Morgan fingerprint density at radius 3 is 2.67 bits per heavy atom. The second-order valence-corrected chi connectivity index (χ2v) is 8.28. The van der Waals surface area contributed by atoms with Crippen molar-refractivity contribution in [1.82, 2.24) is 4.90 Å². The number of methoxy groups -OCH3 is 1. The Balaban J connectivity index is 1.34. The average molecular weight is 442 g/mol. The van der Waals surface area contributed by atoms with Gasteiger partial charge in [-0.3, -0.25) is 14.7 Å². The normalized spacial score (nSPS) is 15.6. The van der Waals surface area contributed by atoms with E-state index in [0.29, 0.717) is 5.56 Å². The van der Waals surface area contributed by atoms with Gasteiger partial charge in [0.2, 0.25) is 0 Å². The molecule has 168 valence electrons. The molecule has 6 heteroatoms. The number of aliphatic imine (C=N–C) groups is 1. The number of para-hydroxylation sites is 2. The molecule has 33 heavy (non-hydrogen) atoms. The average Bonchev–Trinajstić information content (AvgIpc) is 3.29. The molecule has 1 saturated heterocycles. The number of nitrogens with zero attached hydrogens (tertiary/aromatic N) is 2. The van der Waals surface area contributed by atoms with E-state index in [2.05, 4.69) is 16.3 Å². The van der Waals surface area contributed by atoms with E-state index in [1.165, 1.54) is 5.56 Å². The lowest BCUT2D eigenvalue weighted by Gasteiger charge is -2.27. The van der Waals surface area contributed by atoms with Crippen molar-refractivity contribution in [3.8, 4) is 5.75 Å². The first kappa shape index (κ1) is 21.4. The maximum absolute atomic E-state index is 13.1. The van der Waals surface area contributed by atoms with Crippen LogP contribution in [0.5, 0.6) is 5.75 Å². The van der Waals surface area contributed by atoms with E-state index in [1.54, 1.807) is 7.11 Å². The van der Waals surface area contributed by atoms with Crippen molar-refractivity contribution in [2.24, 2.45) is 4.99 Å². The van der Waals surface area contributed by atoms with Gasteiger partial charge in [-0.05, 0) is 29.8 Å². The van der Waals surface area contributed by atoms with Gasteiger partial charge in [-0.1, -0.05) is 42.5 Å². The Morgan fingerprint density at radius 2 is 1.85 bits per heavy atom. The number of rotatable bonds is 6. The molecular formula is C27H27N3O3. The predicted molar refractivity (Wildman–Crippen MR) is 130 cm³/mol. The largest absolute Gasteiger partial charge is 0.496 e. The van der Waals surface area contributed by atoms with Crippen LogP contribution < -0.4 is 10.1 Å². The quantitative estimate of drug-likeness (QED) is 0.614. The Hall–Kier alpha value is -3.48. The summed E-state index contributed by atoms with van der Waals surface area (Å²) in [5.74, 6) is 0.549. The molecule has 6 nitrogen and oxygen atoms in total. The third-order valence-corrected chi connectivity index (χ3v) is 6.14. The molecule has 2 aliphatic heterocycles. The molecule has 0 bridgehead atoms. The fourth-order valence-corrected chi connectivity index (χ4v) is 4.35. The molecule has 1 amide bonds. The summed E-state index contributed by atoms with van der Waals surface area (Å²) in [7, 11) is 1.64. The minimum atomic E-state index is -0.171. The molecule has 1 fully saturated rings. The van der Waals surface area contributed by atoms with Gasteiger partial charge in [0, 0.05) is 42.7 Å². The van der Waals surface area contributed by atoms with E-state index in [4.69, 9.17) is 14.5 Å². The molecule has 5 rings (SSSR count). The number of ether oxygens (including phenoxy) is 2. The van der Waals surface area contributed by atoms with Crippen molar-refractivity contribution in [3.63, 3.8) is 0 Å². The molecule has 0 unspecified atom stereocenters.